The van der Waals surface area contributed by atoms with E-state index in [0.717, 1.165) is 26.7 Å². The van der Waals surface area contributed by atoms with E-state index in [9.17, 15) is 24.4 Å². The van der Waals surface area contributed by atoms with Crippen LogP contribution in [-0.4, -0.2) is 54.6 Å². The molecule has 5 aromatic rings. The van der Waals surface area contributed by atoms with Gasteiger partial charge in [-0.3, -0.25) is 14.4 Å². The van der Waals surface area contributed by atoms with Crippen LogP contribution in [0.4, 0.5) is 5.69 Å². The second-order valence-corrected chi connectivity index (χ2v) is 13.3. The molecule has 254 valence electrons. The second-order valence-electron chi connectivity index (χ2n) is 11.2. The molecule has 4 aromatic carbocycles. The highest BCUT2D eigenvalue weighted by Crippen LogP contribution is 2.42. The first-order valence-electron chi connectivity index (χ1n) is 15.5. The number of halogens is 1. The van der Waals surface area contributed by atoms with Crippen molar-refractivity contribution in [2.24, 2.45) is 0 Å². The maximum Gasteiger partial charge on any atom is 0.338 e. The fourth-order valence-corrected chi connectivity index (χ4v) is 6.88. The largest absolute Gasteiger partial charge is 0.497 e. The summed E-state index contributed by atoms with van der Waals surface area (Å²) in [6.45, 7) is -0.444. The molecule has 2 amide bonds. The molecule has 1 aliphatic heterocycles. The number of aromatic nitrogens is 1. The van der Waals surface area contributed by atoms with Crippen LogP contribution >= 0.6 is 27.7 Å². The zero-order valence-electron chi connectivity index (χ0n) is 27.3. The second kappa shape index (κ2) is 15.4. The predicted octanol–water partition coefficient (Wildman–Crippen LogP) is 7.53. The molecular weight excluding hydrogens is 734 g/mol. The molecule has 1 aliphatic rings. The summed E-state index contributed by atoms with van der Waals surface area (Å²) >= 11 is 4.36. The number of nitriles is 1. The molecular formula is C39H28BrN3O7S. The maximum absolute atomic E-state index is 13.8. The maximum atomic E-state index is 13.8. The summed E-state index contributed by atoms with van der Waals surface area (Å²) in [4.78, 5) is 58.0. The van der Waals surface area contributed by atoms with Crippen LogP contribution in [0.25, 0.3) is 22.4 Å². The Hall–Kier alpha value is -5.77. The van der Waals surface area contributed by atoms with Gasteiger partial charge in [0.05, 0.1) is 42.0 Å². The third kappa shape index (κ3) is 7.55. The summed E-state index contributed by atoms with van der Waals surface area (Å²) in [5.41, 5.74) is 3.51. The Kier molecular flexibility index (Phi) is 10.6. The van der Waals surface area contributed by atoms with Crippen molar-refractivity contribution in [1.29, 1.82) is 5.26 Å². The Labute approximate surface area is 306 Å². The number of imide groups is 1. The van der Waals surface area contributed by atoms with Crippen molar-refractivity contribution in [3.8, 4) is 40.0 Å². The van der Waals surface area contributed by atoms with E-state index in [-0.39, 0.29) is 34.0 Å². The molecule has 0 aliphatic carbocycles. The molecule has 51 heavy (non-hydrogen) atoms. The first-order valence-corrected chi connectivity index (χ1v) is 17.2. The number of thioether (sulfide) groups is 1. The number of hydrogen-bond donors (Lipinski definition) is 0. The normalized spacial score (nSPS) is 13.8. The van der Waals surface area contributed by atoms with Gasteiger partial charge in [-0.15, -0.1) is 0 Å². The average Bonchev–Trinajstić information content (AvgIpc) is 3.44. The number of ketones is 1. The van der Waals surface area contributed by atoms with E-state index in [1.165, 1.54) is 31.4 Å². The Bertz CT molecular complexity index is 2190. The molecule has 12 heteroatoms. The summed E-state index contributed by atoms with van der Waals surface area (Å²) in [5, 5.41) is 9.85. The number of carbonyl (C=O) groups excluding carboxylic acids is 4. The lowest BCUT2D eigenvalue weighted by Crippen LogP contribution is -2.31. The summed E-state index contributed by atoms with van der Waals surface area (Å²) in [6.07, 6.45) is -0.134. The van der Waals surface area contributed by atoms with Gasteiger partial charge in [0.25, 0.3) is 0 Å². The third-order valence-corrected chi connectivity index (χ3v) is 9.79. The molecule has 0 bridgehead atoms. The van der Waals surface area contributed by atoms with E-state index in [2.05, 4.69) is 22.0 Å². The number of ether oxygens (including phenoxy) is 3. The molecule has 1 saturated heterocycles. The number of anilines is 1. The van der Waals surface area contributed by atoms with Crippen LogP contribution in [0, 0.1) is 11.3 Å². The van der Waals surface area contributed by atoms with Crippen LogP contribution in [0.3, 0.4) is 0 Å². The van der Waals surface area contributed by atoms with Crippen LogP contribution in [0.2, 0.25) is 0 Å². The van der Waals surface area contributed by atoms with Crippen molar-refractivity contribution >= 4 is 56.9 Å². The van der Waals surface area contributed by atoms with E-state index in [0.29, 0.717) is 33.9 Å². The highest BCUT2D eigenvalue weighted by atomic mass is 79.9. The van der Waals surface area contributed by atoms with Gasteiger partial charge in [-0.25, -0.2) is 14.7 Å². The number of hydrogen-bond acceptors (Lipinski definition) is 10. The molecule has 1 unspecified atom stereocenters. The Balaban J connectivity index is 1.25. The summed E-state index contributed by atoms with van der Waals surface area (Å²) < 4.78 is 17.1. The van der Waals surface area contributed by atoms with Crippen LogP contribution in [0.1, 0.15) is 32.7 Å². The first kappa shape index (κ1) is 35.1. The topological polar surface area (TPSA) is 136 Å². The van der Waals surface area contributed by atoms with Crippen LogP contribution in [-0.2, 0) is 14.3 Å². The lowest BCUT2D eigenvalue weighted by atomic mass is 9.98. The first-order chi connectivity index (χ1) is 24.7. The third-order valence-electron chi connectivity index (χ3n) is 8.09. The molecule has 1 atom stereocenters. The van der Waals surface area contributed by atoms with Gasteiger partial charge in [-0.1, -0.05) is 70.2 Å². The Morgan fingerprint density at radius 2 is 1.61 bits per heavy atom. The zero-order chi connectivity index (χ0) is 36.1. The summed E-state index contributed by atoms with van der Waals surface area (Å²) in [6, 6.07) is 31.2. The van der Waals surface area contributed by atoms with Crippen molar-refractivity contribution in [1.82, 2.24) is 4.98 Å². The predicted molar refractivity (Wildman–Crippen MR) is 195 cm³/mol. The lowest BCUT2D eigenvalue weighted by molar-refractivity contribution is -0.121. The minimum Gasteiger partial charge on any atom is -0.497 e. The molecule has 0 N–H and O–H groups in total. The summed E-state index contributed by atoms with van der Waals surface area (Å²) in [7, 11) is 3.08. The van der Waals surface area contributed by atoms with Crippen molar-refractivity contribution in [3.63, 3.8) is 0 Å². The number of esters is 1. The Morgan fingerprint density at radius 1 is 0.902 bits per heavy atom. The van der Waals surface area contributed by atoms with E-state index >= 15 is 0 Å². The highest BCUT2D eigenvalue weighted by Gasteiger charge is 2.41. The fraction of sp³-hybridized carbons (Fsp3) is 0.128. The Morgan fingerprint density at radius 3 is 2.27 bits per heavy atom. The van der Waals surface area contributed by atoms with Gasteiger partial charge in [0.15, 0.2) is 12.4 Å². The number of amides is 2. The monoisotopic (exact) mass is 761 g/mol. The number of rotatable bonds is 11. The molecule has 1 aromatic heterocycles. The van der Waals surface area contributed by atoms with Gasteiger partial charge in [0.1, 0.15) is 22.6 Å². The number of nitrogens with zero attached hydrogens (tertiary/aromatic N) is 3. The lowest BCUT2D eigenvalue weighted by Gasteiger charge is -2.17. The molecule has 0 saturated carbocycles. The average molecular weight is 763 g/mol. The van der Waals surface area contributed by atoms with Crippen molar-refractivity contribution < 1.29 is 33.4 Å². The molecule has 6 rings (SSSR count). The number of benzene rings is 4. The van der Waals surface area contributed by atoms with Gasteiger partial charge in [0, 0.05) is 33.1 Å². The van der Waals surface area contributed by atoms with Crippen LogP contribution < -0.4 is 14.4 Å². The molecule has 10 nitrogen and oxygen atoms in total. The number of methoxy groups -OCH3 is 2. The number of carbonyl (C=O) groups is 4. The van der Waals surface area contributed by atoms with Crippen LogP contribution in [0.5, 0.6) is 11.5 Å². The fourth-order valence-electron chi connectivity index (χ4n) is 5.49. The number of pyridine rings is 1. The molecule has 1 fully saturated rings. The standard InChI is InChI=1S/C39H28BrN3O7S/c1-48-28-16-17-34(49-2)30(18-28)29-19-32(23-6-4-3-5-7-23)42-37(31(29)21-41)51-35-20-36(45)43(38(35)46)27-14-10-25(11-15-27)39(47)50-22-33(44)24-8-12-26(40)13-9-24/h3-19,35H,20,22H2,1-2H3. The smallest absolute Gasteiger partial charge is 0.338 e. The molecule has 0 radical (unpaired) electrons. The van der Waals surface area contributed by atoms with E-state index in [4.69, 9.17) is 19.2 Å². The highest BCUT2D eigenvalue weighted by molar-refractivity contribution is 9.10. The summed E-state index contributed by atoms with van der Waals surface area (Å²) in [5.74, 6) is -0.950. The van der Waals surface area contributed by atoms with Crippen molar-refractivity contribution in [3.05, 3.63) is 124 Å². The van der Waals surface area contributed by atoms with Gasteiger partial charge in [0.2, 0.25) is 11.8 Å². The van der Waals surface area contributed by atoms with E-state index in [1.54, 1.807) is 55.6 Å². The van der Waals surface area contributed by atoms with Gasteiger partial charge in [-0.2, -0.15) is 5.26 Å². The molecule has 0 spiro atoms. The van der Waals surface area contributed by atoms with E-state index in [1.807, 2.05) is 30.3 Å². The zero-order valence-corrected chi connectivity index (χ0v) is 29.7. The number of Topliss-reactive ketones (excluding diaryl/α,β-unsaturated/α-hetero) is 1. The van der Waals surface area contributed by atoms with Gasteiger partial charge < -0.3 is 14.2 Å². The van der Waals surface area contributed by atoms with Crippen molar-refractivity contribution in [2.45, 2.75) is 16.7 Å². The minimum atomic E-state index is -0.877. The van der Waals surface area contributed by atoms with Crippen molar-refractivity contribution in [2.75, 3.05) is 25.7 Å². The SMILES string of the molecule is COc1ccc(OC)c(-c2cc(-c3ccccc3)nc(SC3CC(=O)N(c4ccc(C(=O)OCC(=O)c5ccc(Br)cc5)cc4)C3=O)c2C#N)c1. The van der Waals surface area contributed by atoms with Gasteiger partial charge >= 0.3 is 5.97 Å². The van der Waals surface area contributed by atoms with E-state index < -0.39 is 29.6 Å². The van der Waals surface area contributed by atoms with Crippen LogP contribution in [0.15, 0.2) is 113 Å². The van der Waals surface area contributed by atoms with Gasteiger partial charge in [-0.05, 0) is 60.7 Å². The quantitative estimate of drug-likeness (QED) is 0.0755. The molecule has 2 heterocycles. The minimum absolute atomic E-state index is 0.134.